The van der Waals surface area contributed by atoms with Gasteiger partial charge in [0.25, 0.3) is 10.0 Å². The number of halogens is 1. The normalized spacial score (nSPS) is 16.6. The molecule has 0 aromatic heterocycles. The number of aldehydes is 1. The van der Waals surface area contributed by atoms with E-state index in [0.29, 0.717) is 30.8 Å². The third-order valence-corrected chi connectivity index (χ3v) is 6.88. The van der Waals surface area contributed by atoms with Gasteiger partial charge in [-0.3, -0.25) is 4.31 Å². The molecule has 0 radical (unpaired) electrons. The van der Waals surface area contributed by atoms with E-state index in [1.165, 1.54) is 4.31 Å². The number of anilines is 1. The molecule has 25 heavy (non-hydrogen) atoms. The van der Waals surface area contributed by atoms with Gasteiger partial charge in [-0.2, -0.15) is 0 Å². The average Bonchev–Trinajstić information content (AvgIpc) is 2.98. The quantitative estimate of drug-likeness (QED) is 0.478. The van der Waals surface area contributed by atoms with Gasteiger partial charge in [0.1, 0.15) is 12.0 Å². The van der Waals surface area contributed by atoms with Gasteiger partial charge in [-0.1, -0.05) is 0 Å². The van der Waals surface area contributed by atoms with Crippen LogP contribution in [0.15, 0.2) is 47.4 Å². The molecule has 7 heteroatoms. The third-order valence-electron chi connectivity index (χ3n) is 4.36. The number of carbonyl (C=O) groups excluding carboxylic acids is 1. The lowest BCUT2D eigenvalue weighted by atomic mass is 9.96. The fourth-order valence-electron chi connectivity index (χ4n) is 3.09. The predicted octanol–water partition coefficient (Wildman–Crippen LogP) is 3.57. The number of carbonyl (C=O) groups is 1. The Hall–Kier alpha value is -1.61. The molecular formula is C18H18INO4S. The lowest BCUT2D eigenvalue weighted by Crippen LogP contribution is -2.30. The van der Waals surface area contributed by atoms with Gasteiger partial charge in [0.15, 0.2) is 0 Å². The SMILES string of the molecule is COc1ccc2c(c1)C(CCC=O)CN2S(=O)(=O)c1ccc(I)cc1. The van der Waals surface area contributed by atoms with Crippen molar-refractivity contribution < 1.29 is 17.9 Å². The van der Waals surface area contributed by atoms with Crippen LogP contribution in [0.25, 0.3) is 0 Å². The van der Waals surface area contributed by atoms with Gasteiger partial charge in [-0.15, -0.1) is 0 Å². The molecule has 0 saturated carbocycles. The lowest BCUT2D eigenvalue weighted by Gasteiger charge is -2.20. The fourth-order valence-corrected chi connectivity index (χ4v) is 4.98. The Balaban J connectivity index is 2.03. The molecule has 1 unspecified atom stereocenters. The molecule has 0 aliphatic carbocycles. The maximum absolute atomic E-state index is 13.1. The van der Waals surface area contributed by atoms with Crippen LogP contribution < -0.4 is 9.04 Å². The van der Waals surface area contributed by atoms with Crippen molar-refractivity contribution in [1.29, 1.82) is 0 Å². The summed E-state index contributed by atoms with van der Waals surface area (Å²) >= 11 is 2.14. The Morgan fingerprint density at radius 3 is 2.60 bits per heavy atom. The zero-order valence-corrected chi connectivity index (χ0v) is 16.7. The third kappa shape index (κ3) is 3.52. The number of rotatable bonds is 6. The number of fused-ring (bicyclic) bond motifs is 1. The van der Waals surface area contributed by atoms with Crippen LogP contribution in [0.5, 0.6) is 5.75 Å². The minimum Gasteiger partial charge on any atom is -0.497 e. The number of hydrogen-bond acceptors (Lipinski definition) is 4. The summed E-state index contributed by atoms with van der Waals surface area (Å²) in [6, 6.07) is 12.2. The van der Waals surface area contributed by atoms with E-state index in [9.17, 15) is 13.2 Å². The molecule has 0 N–H and O–H groups in total. The lowest BCUT2D eigenvalue weighted by molar-refractivity contribution is -0.108. The molecule has 2 aromatic carbocycles. The van der Waals surface area contributed by atoms with E-state index in [1.807, 2.05) is 6.07 Å². The summed E-state index contributed by atoms with van der Waals surface area (Å²) in [5.74, 6) is 0.664. The topological polar surface area (TPSA) is 63.7 Å². The van der Waals surface area contributed by atoms with Crippen LogP contribution in [0, 0.1) is 3.57 Å². The van der Waals surface area contributed by atoms with Crippen molar-refractivity contribution in [3.05, 3.63) is 51.6 Å². The summed E-state index contributed by atoms with van der Waals surface area (Å²) in [6.07, 6.45) is 1.89. The molecule has 1 atom stereocenters. The van der Waals surface area contributed by atoms with Gasteiger partial charge in [0.2, 0.25) is 0 Å². The first-order valence-electron chi connectivity index (χ1n) is 7.87. The molecule has 1 heterocycles. The average molecular weight is 471 g/mol. The van der Waals surface area contributed by atoms with E-state index in [4.69, 9.17) is 4.74 Å². The van der Waals surface area contributed by atoms with Crippen LogP contribution in [0.4, 0.5) is 5.69 Å². The molecular weight excluding hydrogens is 453 g/mol. The van der Waals surface area contributed by atoms with Crippen LogP contribution in [0.3, 0.4) is 0 Å². The largest absolute Gasteiger partial charge is 0.497 e. The summed E-state index contributed by atoms with van der Waals surface area (Å²) < 4.78 is 33.9. The summed E-state index contributed by atoms with van der Waals surface area (Å²) in [5, 5.41) is 0. The highest BCUT2D eigenvalue weighted by Gasteiger charge is 2.36. The number of nitrogens with zero attached hydrogens (tertiary/aromatic N) is 1. The van der Waals surface area contributed by atoms with Gasteiger partial charge in [0, 0.05) is 22.5 Å². The highest BCUT2D eigenvalue weighted by molar-refractivity contribution is 14.1. The van der Waals surface area contributed by atoms with Gasteiger partial charge in [0.05, 0.1) is 17.7 Å². The van der Waals surface area contributed by atoms with Crippen molar-refractivity contribution in [3.8, 4) is 5.75 Å². The molecule has 0 spiro atoms. The number of benzene rings is 2. The van der Waals surface area contributed by atoms with E-state index in [-0.39, 0.29) is 10.8 Å². The maximum atomic E-state index is 13.1. The van der Waals surface area contributed by atoms with Crippen molar-refractivity contribution in [3.63, 3.8) is 0 Å². The van der Waals surface area contributed by atoms with Gasteiger partial charge in [-0.25, -0.2) is 8.42 Å². The monoisotopic (exact) mass is 471 g/mol. The van der Waals surface area contributed by atoms with Gasteiger partial charge in [-0.05, 0) is 77.0 Å². The van der Waals surface area contributed by atoms with Crippen LogP contribution in [0.2, 0.25) is 0 Å². The van der Waals surface area contributed by atoms with Gasteiger partial charge >= 0.3 is 0 Å². The molecule has 3 rings (SSSR count). The van der Waals surface area contributed by atoms with E-state index in [1.54, 1.807) is 43.5 Å². The Labute approximate surface area is 161 Å². The van der Waals surface area contributed by atoms with Gasteiger partial charge < -0.3 is 9.53 Å². The second-order valence-electron chi connectivity index (χ2n) is 5.86. The number of ether oxygens (including phenoxy) is 1. The van der Waals surface area contributed by atoms with Crippen molar-refractivity contribution in [2.45, 2.75) is 23.7 Å². The molecule has 0 bridgehead atoms. The maximum Gasteiger partial charge on any atom is 0.264 e. The second kappa shape index (κ2) is 7.33. The molecule has 0 fully saturated rings. The summed E-state index contributed by atoms with van der Waals surface area (Å²) in [6.45, 7) is 0.338. The second-order valence-corrected chi connectivity index (χ2v) is 8.96. The number of sulfonamides is 1. The first-order chi connectivity index (χ1) is 12.0. The summed E-state index contributed by atoms with van der Waals surface area (Å²) in [4.78, 5) is 11.0. The fraction of sp³-hybridized carbons (Fsp3) is 0.278. The Morgan fingerprint density at radius 1 is 1.24 bits per heavy atom. The van der Waals surface area contributed by atoms with Crippen LogP contribution >= 0.6 is 22.6 Å². The molecule has 0 saturated heterocycles. The van der Waals surface area contributed by atoms with Crippen molar-refractivity contribution in [1.82, 2.24) is 0 Å². The minimum atomic E-state index is -3.65. The first-order valence-corrected chi connectivity index (χ1v) is 10.4. The summed E-state index contributed by atoms with van der Waals surface area (Å²) in [7, 11) is -2.06. The molecule has 1 aliphatic heterocycles. The summed E-state index contributed by atoms with van der Waals surface area (Å²) in [5.41, 5.74) is 1.57. The predicted molar refractivity (Wildman–Crippen MR) is 105 cm³/mol. The zero-order valence-electron chi connectivity index (χ0n) is 13.7. The highest BCUT2D eigenvalue weighted by atomic mass is 127. The molecule has 5 nitrogen and oxygen atoms in total. The minimum absolute atomic E-state index is 0.0195. The van der Waals surface area contributed by atoms with Crippen LogP contribution in [-0.4, -0.2) is 28.4 Å². The van der Waals surface area contributed by atoms with Crippen molar-refractivity contribution in [2.24, 2.45) is 0 Å². The molecule has 0 amide bonds. The van der Waals surface area contributed by atoms with Crippen LogP contribution in [0.1, 0.15) is 24.3 Å². The molecule has 132 valence electrons. The Kier molecular flexibility index (Phi) is 5.33. The van der Waals surface area contributed by atoms with E-state index in [2.05, 4.69) is 22.6 Å². The van der Waals surface area contributed by atoms with Crippen molar-refractivity contribution in [2.75, 3.05) is 18.0 Å². The van der Waals surface area contributed by atoms with E-state index in [0.717, 1.165) is 15.4 Å². The zero-order chi connectivity index (χ0) is 18.0. The van der Waals surface area contributed by atoms with E-state index >= 15 is 0 Å². The number of hydrogen-bond donors (Lipinski definition) is 0. The Bertz CT molecular complexity index is 880. The molecule has 1 aliphatic rings. The standard InChI is InChI=1S/C18H18INO4S/c1-24-15-6-9-18-17(11-15)13(3-2-10-21)12-20(18)25(22,23)16-7-4-14(19)5-8-16/h4-11,13H,2-3,12H2,1H3. The smallest absolute Gasteiger partial charge is 0.264 e. The highest BCUT2D eigenvalue weighted by Crippen LogP contribution is 2.43. The Morgan fingerprint density at radius 2 is 1.96 bits per heavy atom. The molecule has 2 aromatic rings. The van der Waals surface area contributed by atoms with E-state index < -0.39 is 10.0 Å². The first kappa shape index (κ1) is 18.2. The van der Waals surface area contributed by atoms with Crippen molar-refractivity contribution >= 4 is 44.6 Å². The van der Waals surface area contributed by atoms with Crippen LogP contribution in [-0.2, 0) is 14.8 Å². The number of methoxy groups -OCH3 is 1.